The number of carbonyl (C=O) groups is 1. The zero-order valence-corrected chi connectivity index (χ0v) is 17.6. The lowest BCUT2D eigenvalue weighted by Crippen LogP contribution is -2.25. The molecule has 0 spiro atoms. The van der Waals surface area contributed by atoms with Crippen molar-refractivity contribution in [2.75, 3.05) is 19.0 Å². The van der Waals surface area contributed by atoms with Gasteiger partial charge in [0.2, 0.25) is 0 Å². The van der Waals surface area contributed by atoms with Crippen molar-refractivity contribution >= 4 is 17.7 Å². The summed E-state index contributed by atoms with van der Waals surface area (Å²) in [4.78, 5) is 12.6. The van der Waals surface area contributed by atoms with Gasteiger partial charge in [-0.1, -0.05) is 48.5 Å². The van der Waals surface area contributed by atoms with Gasteiger partial charge >= 0.3 is 5.97 Å². The molecule has 154 valence electrons. The third kappa shape index (κ3) is 4.46. The van der Waals surface area contributed by atoms with Crippen LogP contribution in [0.15, 0.2) is 77.7 Å². The number of aromatic hydroxyl groups is 1. The highest BCUT2D eigenvalue weighted by molar-refractivity contribution is 8.00. The first kappa shape index (κ1) is 20.4. The average molecular weight is 421 g/mol. The Bertz CT molecular complexity index is 1000. The summed E-state index contributed by atoms with van der Waals surface area (Å²) in [6.07, 6.45) is 0. The number of esters is 1. The van der Waals surface area contributed by atoms with Gasteiger partial charge in [0.1, 0.15) is 11.5 Å². The highest BCUT2D eigenvalue weighted by Gasteiger charge is 2.33. The Morgan fingerprint density at radius 2 is 1.83 bits per heavy atom. The van der Waals surface area contributed by atoms with Crippen LogP contribution in [-0.4, -0.2) is 30.0 Å². The normalized spacial score (nSPS) is 17.6. The summed E-state index contributed by atoms with van der Waals surface area (Å²) >= 11 is 1.48. The molecule has 0 radical (unpaired) electrons. The molecular formula is C25H24O4S. The maximum atomic E-state index is 11.6. The van der Waals surface area contributed by atoms with Gasteiger partial charge in [0.25, 0.3) is 0 Å². The Labute approximate surface area is 180 Å². The van der Waals surface area contributed by atoms with E-state index in [1.54, 1.807) is 12.1 Å². The third-order valence-corrected chi connectivity index (χ3v) is 6.27. The summed E-state index contributed by atoms with van der Waals surface area (Å²) in [5.41, 5.74) is 3.47. The van der Waals surface area contributed by atoms with Crippen LogP contribution in [0.25, 0.3) is 0 Å². The second-order valence-corrected chi connectivity index (χ2v) is 8.24. The van der Waals surface area contributed by atoms with Crippen LogP contribution in [0.1, 0.15) is 35.4 Å². The maximum absolute atomic E-state index is 11.6. The first-order valence-electron chi connectivity index (χ1n) is 10.0. The van der Waals surface area contributed by atoms with Crippen LogP contribution in [0.3, 0.4) is 0 Å². The van der Waals surface area contributed by atoms with Crippen molar-refractivity contribution in [2.45, 2.75) is 23.7 Å². The number of phenolic OH excluding ortho intramolecular Hbond substituents is 1. The van der Waals surface area contributed by atoms with Crippen molar-refractivity contribution in [3.8, 4) is 11.5 Å². The zero-order valence-electron chi connectivity index (χ0n) is 16.8. The molecule has 30 heavy (non-hydrogen) atoms. The smallest absolute Gasteiger partial charge is 0.316 e. The van der Waals surface area contributed by atoms with E-state index >= 15 is 0 Å². The fraction of sp³-hybridized carbons (Fsp3) is 0.240. The van der Waals surface area contributed by atoms with E-state index in [1.165, 1.54) is 22.9 Å². The number of phenols is 1. The molecule has 0 unspecified atom stereocenters. The van der Waals surface area contributed by atoms with Gasteiger partial charge < -0.3 is 14.6 Å². The summed E-state index contributed by atoms with van der Waals surface area (Å²) in [6, 6.07) is 24.1. The minimum atomic E-state index is -0.200. The summed E-state index contributed by atoms with van der Waals surface area (Å²) in [5.74, 6) is 1.32. The average Bonchev–Trinajstić information content (AvgIpc) is 2.78. The van der Waals surface area contributed by atoms with Gasteiger partial charge in [0, 0.05) is 28.4 Å². The molecule has 3 aromatic rings. The Balaban J connectivity index is 1.64. The summed E-state index contributed by atoms with van der Waals surface area (Å²) in [5, 5.41) is 9.89. The van der Waals surface area contributed by atoms with E-state index in [1.807, 2.05) is 31.2 Å². The summed E-state index contributed by atoms with van der Waals surface area (Å²) in [6.45, 7) is 2.76. The van der Waals surface area contributed by atoms with E-state index in [9.17, 15) is 9.90 Å². The molecule has 0 saturated heterocycles. The van der Waals surface area contributed by atoms with Crippen LogP contribution in [0, 0.1) is 0 Å². The van der Waals surface area contributed by atoms with E-state index in [4.69, 9.17) is 9.47 Å². The number of fused-ring (bicyclic) bond motifs is 1. The molecule has 0 aromatic heterocycles. The molecule has 1 N–H and O–H groups in total. The van der Waals surface area contributed by atoms with Crippen LogP contribution in [-0.2, 0) is 9.53 Å². The predicted molar refractivity (Wildman–Crippen MR) is 118 cm³/mol. The van der Waals surface area contributed by atoms with Gasteiger partial charge in [-0.05, 0) is 36.2 Å². The van der Waals surface area contributed by atoms with Crippen LogP contribution < -0.4 is 4.74 Å². The number of hydrogen-bond acceptors (Lipinski definition) is 5. The van der Waals surface area contributed by atoms with Crippen molar-refractivity contribution < 1.29 is 19.4 Å². The van der Waals surface area contributed by atoms with Gasteiger partial charge in [-0.3, -0.25) is 4.79 Å². The van der Waals surface area contributed by atoms with Crippen LogP contribution in [0.4, 0.5) is 0 Å². The molecule has 3 aromatic carbocycles. The molecule has 0 bridgehead atoms. The molecule has 1 aliphatic rings. The summed E-state index contributed by atoms with van der Waals surface area (Å²) in [7, 11) is 0. The largest absolute Gasteiger partial charge is 0.508 e. The minimum Gasteiger partial charge on any atom is -0.508 e. The molecule has 0 saturated carbocycles. The Morgan fingerprint density at radius 3 is 2.57 bits per heavy atom. The van der Waals surface area contributed by atoms with Crippen LogP contribution >= 0.6 is 11.8 Å². The van der Waals surface area contributed by atoms with Crippen LogP contribution in [0.2, 0.25) is 0 Å². The van der Waals surface area contributed by atoms with Gasteiger partial charge in [-0.25, -0.2) is 0 Å². The third-order valence-electron chi connectivity index (χ3n) is 5.28. The molecule has 1 heterocycles. The molecule has 1 aliphatic heterocycles. The number of rotatable bonds is 6. The number of thioether (sulfide) groups is 1. The van der Waals surface area contributed by atoms with E-state index in [0.717, 1.165) is 16.2 Å². The molecule has 0 aliphatic carbocycles. The van der Waals surface area contributed by atoms with Crippen molar-refractivity contribution in [3.63, 3.8) is 0 Å². The van der Waals surface area contributed by atoms with Crippen molar-refractivity contribution in [3.05, 3.63) is 89.5 Å². The Morgan fingerprint density at radius 1 is 1.07 bits per heavy atom. The number of carbonyl (C=O) groups excluding carboxylic acids is 1. The molecule has 0 amide bonds. The highest BCUT2D eigenvalue weighted by atomic mass is 32.2. The number of hydrogen-bond donors (Lipinski definition) is 1. The van der Waals surface area contributed by atoms with Crippen molar-refractivity contribution in [2.24, 2.45) is 0 Å². The van der Waals surface area contributed by atoms with Gasteiger partial charge in [-0.15, -0.1) is 11.8 Å². The lowest BCUT2D eigenvalue weighted by molar-refractivity contribution is -0.139. The second-order valence-electron chi connectivity index (χ2n) is 7.19. The molecule has 2 atom stereocenters. The zero-order chi connectivity index (χ0) is 20.9. The fourth-order valence-electron chi connectivity index (χ4n) is 3.91. The maximum Gasteiger partial charge on any atom is 0.316 e. The number of benzene rings is 3. The fourth-order valence-corrected chi connectivity index (χ4v) is 4.61. The topological polar surface area (TPSA) is 55.8 Å². The monoisotopic (exact) mass is 420 g/mol. The van der Waals surface area contributed by atoms with Crippen LogP contribution in [0.5, 0.6) is 11.5 Å². The van der Waals surface area contributed by atoms with E-state index in [2.05, 4.69) is 36.4 Å². The van der Waals surface area contributed by atoms with E-state index < -0.39 is 0 Å². The molecular weight excluding hydrogens is 396 g/mol. The number of ether oxygens (including phenoxy) is 2. The lowest BCUT2D eigenvalue weighted by atomic mass is 9.76. The van der Waals surface area contributed by atoms with E-state index in [0.29, 0.717) is 19.0 Å². The van der Waals surface area contributed by atoms with Gasteiger partial charge in [0.05, 0.1) is 19.0 Å². The van der Waals surface area contributed by atoms with E-state index in [-0.39, 0.29) is 23.6 Å². The SMILES string of the molecule is CCOC(=O)CSc1ccc([C@@H]2c3ccc(O)cc3OC[C@@H]2c2ccccc2)cc1. The quantitative estimate of drug-likeness (QED) is 0.430. The molecule has 5 heteroatoms. The molecule has 0 fully saturated rings. The highest BCUT2D eigenvalue weighted by Crippen LogP contribution is 2.47. The Hall–Kier alpha value is -2.92. The minimum absolute atomic E-state index is 0.112. The molecule has 4 rings (SSSR count). The van der Waals surface area contributed by atoms with Crippen molar-refractivity contribution in [1.82, 2.24) is 0 Å². The lowest BCUT2D eigenvalue weighted by Gasteiger charge is -2.34. The summed E-state index contributed by atoms with van der Waals surface area (Å²) < 4.78 is 11.0. The Kier molecular flexibility index (Phi) is 6.29. The first-order chi connectivity index (χ1) is 14.7. The first-order valence-corrected chi connectivity index (χ1v) is 11.0. The molecule has 4 nitrogen and oxygen atoms in total. The van der Waals surface area contributed by atoms with Crippen molar-refractivity contribution in [1.29, 1.82) is 0 Å². The second kappa shape index (κ2) is 9.26. The van der Waals surface area contributed by atoms with Gasteiger partial charge in [0.15, 0.2) is 0 Å². The predicted octanol–water partition coefficient (Wildman–Crippen LogP) is 5.36. The standard InChI is InChI=1S/C25H24O4S/c1-2-28-24(27)16-30-20-11-8-18(9-12-20)25-21-13-10-19(26)14-23(21)29-15-22(25)17-6-4-3-5-7-17/h3-14,22,25-26H,2,15-16H2,1H3/t22-,25-/m1/s1. The van der Waals surface area contributed by atoms with Gasteiger partial charge in [-0.2, -0.15) is 0 Å².